The van der Waals surface area contributed by atoms with E-state index in [9.17, 15) is 9.59 Å². The van der Waals surface area contributed by atoms with Crippen LogP contribution in [0.3, 0.4) is 0 Å². The fraction of sp³-hybridized carbons (Fsp3) is 0.391. The third-order valence-corrected chi connectivity index (χ3v) is 6.68. The molecule has 0 aliphatic carbocycles. The van der Waals surface area contributed by atoms with Crippen molar-refractivity contribution >= 4 is 58.4 Å². The van der Waals surface area contributed by atoms with Gasteiger partial charge in [-0.1, -0.05) is 66.3 Å². The lowest BCUT2D eigenvalue weighted by atomic mass is 10.1. The maximum absolute atomic E-state index is 13.1. The Labute approximate surface area is 203 Å². The predicted octanol–water partition coefficient (Wildman–Crippen LogP) is 6.21. The highest BCUT2D eigenvalue weighted by Gasteiger charge is 2.26. The van der Waals surface area contributed by atoms with Crippen LogP contribution in [0.5, 0.6) is 0 Å². The molecule has 0 fully saturated rings. The molecule has 2 amide bonds. The molecule has 0 bridgehead atoms. The zero-order valence-corrected chi connectivity index (χ0v) is 20.8. The van der Waals surface area contributed by atoms with Gasteiger partial charge in [0.05, 0.1) is 15.8 Å². The quantitative estimate of drug-likeness (QED) is 0.372. The van der Waals surface area contributed by atoms with Crippen molar-refractivity contribution in [3.8, 4) is 0 Å². The fourth-order valence-corrected chi connectivity index (χ4v) is 4.31. The molecule has 0 spiro atoms. The van der Waals surface area contributed by atoms with Gasteiger partial charge in [0.2, 0.25) is 11.8 Å². The maximum atomic E-state index is 13.1. The number of halogens is 3. The number of rotatable bonds is 11. The van der Waals surface area contributed by atoms with Gasteiger partial charge < -0.3 is 10.2 Å². The average molecular weight is 502 g/mol. The molecular formula is C23H27Cl3N2O2S. The van der Waals surface area contributed by atoms with Crippen LogP contribution in [0.2, 0.25) is 15.1 Å². The van der Waals surface area contributed by atoms with Gasteiger partial charge in [-0.15, -0.1) is 11.8 Å². The Hall–Kier alpha value is -1.40. The summed E-state index contributed by atoms with van der Waals surface area (Å²) in [5, 5.41) is 4.45. The molecule has 4 nitrogen and oxygen atoms in total. The minimum atomic E-state index is -0.606. The smallest absolute Gasteiger partial charge is 0.242 e. The third-order valence-electron chi connectivity index (χ3n) is 4.72. The number of thioether (sulfide) groups is 1. The number of nitrogens with one attached hydrogen (secondary N) is 1. The molecule has 0 aromatic heterocycles. The van der Waals surface area contributed by atoms with Gasteiger partial charge >= 0.3 is 0 Å². The van der Waals surface area contributed by atoms with E-state index in [4.69, 9.17) is 34.8 Å². The molecule has 2 rings (SSSR count). The number of carbonyl (C=O) groups is 2. The first-order valence-corrected chi connectivity index (χ1v) is 12.4. The van der Waals surface area contributed by atoms with E-state index in [2.05, 4.69) is 12.2 Å². The molecule has 0 heterocycles. The van der Waals surface area contributed by atoms with Crippen molar-refractivity contribution in [1.29, 1.82) is 0 Å². The van der Waals surface area contributed by atoms with E-state index in [-0.39, 0.29) is 24.1 Å². The van der Waals surface area contributed by atoms with Gasteiger partial charge in [-0.05, 0) is 48.7 Å². The van der Waals surface area contributed by atoms with Crippen LogP contribution < -0.4 is 5.32 Å². The van der Waals surface area contributed by atoms with Crippen LogP contribution in [0.1, 0.15) is 37.8 Å². The molecule has 1 N–H and O–H groups in total. The zero-order chi connectivity index (χ0) is 22.8. The molecule has 0 aliphatic rings. The summed E-state index contributed by atoms with van der Waals surface area (Å²) < 4.78 is 0. The summed E-state index contributed by atoms with van der Waals surface area (Å²) in [6.45, 7) is 4.68. The monoisotopic (exact) mass is 500 g/mol. The van der Waals surface area contributed by atoms with Crippen molar-refractivity contribution in [2.24, 2.45) is 0 Å². The van der Waals surface area contributed by atoms with Gasteiger partial charge in [0.1, 0.15) is 6.04 Å². The normalized spacial score (nSPS) is 11.8. The summed E-state index contributed by atoms with van der Waals surface area (Å²) in [7, 11) is 0. The number of carbonyl (C=O) groups excluding carboxylic acids is 2. The number of hydrogen-bond acceptors (Lipinski definition) is 3. The third kappa shape index (κ3) is 8.57. The van der Waals surface area contributed by atoms with E-state index in [0.717, 1.165) is 24.0 Å². The second-order valence-corrected chi connectivity index (χ2v) is 9.45. The summed E-state index contributed by atoms with van der Waals surface area (Å²) in [5.74, 6) is 0.627. The van der Waals surface area contributed by atoms with E-state index in [1.807, 2.05) is 30.3 Å². The van der Waals surface area contributed by atoms with Crippen LogP contribution in [0.15, 0.2) is 42.5 Å². The summed E-state index contributed by atoms with van der Waals surface area (Å²) in [5.41, 5.74) is 1.86. The second kappa shape index (κ2) is 13.2. The highest BCUT2D eigenvalue weighted by atomic mass is 35.5. The van der Waals surface area contributed by atoms with Crippen LogP contribution in [0.25, 0.3) is 0 Å². The minimum absolute atomic E-state index is 0.115. The van der Waals surface area contributed by atoms with Crippen LogP contribution in [0.4, 0.5) is 0 Å². The number of benzene rings is 2. The molecule has 0 saturated carbocycles. The fourth-order valence-electron chi connectivity index (χ4n) is 2.92. The van der Waals surface area contributed by atoms with Crippen LogP contribution in [-0.2, 0) is 21.9 Å². The molecule has 0 aliphatic heterocycles. The molecule has 0 radical (unpaired) electrons. The highest BCUT2D eigenvalue weighted by molar-refractivity contribution is 7.99. The molecule has 0 unspecified atom stereocenters. The van der Waals surface area contributed by atoms with E-state index in [1.165, 1.54) is 11.8 Å². The van der Waals surface area contributed by atoms with Crippen LogP contribution in [-0.4, -0.2) is 35.1 Å². The first kappa shape index (κ1) is 25.9. The molecule has 2 aromatic carbocycles. The van der Waals surface area contributed by atoms with Crippen LogP contribution in [0, 0.1) is 0 Å². The number of nitrogens with zero attached hydrogens (tertiary/aromatic N) is 1. The van der Waals surface area contributed by atoms with Crippen molar-refractivity contribution in [1.82, 2.24) is 10.2 Å². The van der Waals surface area contributed by atoms with Gasteiger partial charge in [0, 0.05) is 23.9 Å². The Balaban J connectivity index is 2.07. The molecule has 168 valence electrons. The van der Waals surface area contributed by atoms with Gasteiger partial charge in [-0.2, -0.15) is 0 Å². The Morgan fingerprint density at radius 2 is 1.84 bits per heavy atom. The number of amides is 2. The largest absolute Gasteiger partial charge is 0.354 e. The van der Waals surface area contributed by atoms with E-state index in [0.29, 0.717) is 27.4 Å². The predicted molar refractivity (Wildman–Crippen MR) is 132 cm³/mol. The van der Waals surface area contributed by atoms with Crippen molar-refractivity contribution in [2.75, 3.05) is 12.3 Å². The van der Waals surface area contributed by atoms with Gasteiger partial charge in [-0.25, -0.2) is 0 Å². The van der Waals surface area contributed by atoms with Gasteiger partial charge in [-0.3, -0.25) is 9.59 Å². The SMILES string of the molecule is CCCCNC(=O)[C@H](C)N(Cc1ccc(Cl)c(Cl)c1)C(=O)CSCc1cccc(Cl)c1. The van der Waals surface area contributed by atoms with Crippen molar-refractivity contribution in [3.05, 3.63) is 68.7 Å². The van der Waals surface area contributed by atoms with Crippen LogP contribution >= 0.6 is 46.6 Å². The molecule has 2 aromatic rings. The van der Waals surface area contributed by atoms with Gasteiger partial charge in [0.15, 0.2) is 0 Å². The molecular weight excluding hydrogens is 475 g/mol. The summed E-state index contributed by atoms with van der Waals surface area (Å²) in [6.07, 6.45) is 1.88. The lowest BCUT2D eigenvalue weighted by Gasteiger charge is -2.29. The zero-order valence-electron chi connectivity index (χ0n) is 17.7. The number of hydrogen-bond donors (Lipinski definition) is 1. The summed E-state index contributed by atoms with van der Waals surface area (Å²) >= 11 is 19.7. The van der Waals surface area contributed by atoms with Crippen molar-refractivity contribution in [3.63, 3.8) is 0 Å². The standard InChI is InChI=1S/C23H27Cl3N2O2S/c1-3-4-10-27-23(30)16(2)28(13-17-8-9-20(25)21(26)12-17)22(29)15-31-14-18-6-5-7-19(24)11-18/h5-9,11-12,16H,3-4,10,13-15H2,1-2H3,(H,27,30)/t16-/m0/s1. The maximum Gasteiger partial charge on any atom is 0.242 e. The molecule has 1 atom stereocenters. The minimum Gasteiger partial charge on any atom is -0.354 e. The number of unbranched alkanes of at least 4 members (excludes halogenated alkanes) is 1. The first-order valence-electron chi connectivity index (χ1n) is 10.1. The van der Waals surface area contributed by atoms with Gasteiger partial charge in [0.25, 0.3) is 0 Å². The van der Waals surface area contributed by atoms with E-state index in [1.54, 1.807) is 24.0 Å². The van der Waals surface area contributed by atoms with E-state index < -0.39 is 6.04 Å². The average Bonchev–Trinajstić information content (AvgIpc) is 2.74. The Bertz CT molecular complexity index is 895. The highest BCUT2D eigenvalue weighted by Crippen LogP contribution is 2.24. The Morgan fingerprint density at radius 3 is 2.52 bits per heavy atom. The van der Waals surface area contributed by atoms with E-state index >= 15 is 0 Å². The lowest BCUT2D eigenvalue weighted by molar-refractivity contribution is -0.138. The first-order chi connectivity index (χ1) is 14.8. The second-order valence-electron chi connectivity index (χ2n) is 7.21. The molecule has 0 saturated heterocycles. The molecule has 31 heavy (non-hydrogen) atoms. The Kier molecular flexibility index (Phi) is 11.0. The van der Waals surface area contributed by atoms with Crippen molar-refractivity contribution < 1.29 is 9.59 Å². The topological polar surface area (TPSA) is 49.4 Å². The molecule has 8 heteroatoms. The lowest BCUT2D eigenvalue weighted by Crippen LogP contribution is -2.48. The Morgan fingerprint density at radius 1 is 1.06 bits per heavy atom. The summed E-state index contributed by atoms with van der Waals surface area (Å²) in [6, 6.07) is 12.2. The summed E-state index contributed by atoms with van der Waals surface area (Å²) in [4.78, 5) is 27.3. The van der Waals surface area contributed by atoms with Crippen molar-refractivity contribution in [2.45, 2.75) is 45.0 Å².